The number of pyridine rings is 1. The SMILES string of the molecule is O=C(NCCF)c1cc2c(C(=O)NCC34CC5CC(CC(C5)C3)C4)cccn2n1. The van der Waals surface area contributed by atoms with Crippen LogP contribution in [0.15, 0.2) is 24.4 Å². The number of alkyl halides is 1. The molecule has 2 heterocycles. The molecular weight excluding hydrogens is 371 g/mol. The van der Waals surface area contributed by atoms with Crippen molar-refractivity contribution < 1.29 is 14.0 Å². The Balaban J connectivity index is 1.32. The monoisotopic (exact) mass is 398 g/mol. The van der Waals surface area contributed by atoms with Gasteiger partial charge in [0.2, 0.25) is 0 Å². The van der Waals surface area contributed by atoms with Gasteiger partial charge in [-0.15, -0.1) is 0 Å². The van der Waals surface area contributed by atoms with Crippen molar-refractivity contribution in [2.24, 2.45) is 23.2 Å². The lowest BCUT2D eigenvalue weighted by molar-refractivity contribution is -0.0503. The average molecular weight is 398 g/mol. The van der Waals surface area contributed by atoms with Crippen LogP contribution in [0.25, 0.3) is 5.52 Å². The van der Waals surface area contributed by atoms with E-state index in [1.807, 2.05) is 0 Å². The number of hydrogen-bond donors (Lipinski definition) is 2. The van der Waals surface area contributed by atoms with Gasteiger partial charge in [-0.05, 0) is 79.9 Å². The van der Waals surface area contributed by atoms with Crippen LogP contribution in [-0.2, 0) is 0 Å². The van der Waals surface area contributed by atoms with Crippen molar-refractivity contribution in [3.63, 3.8) is 0 Å². The summed E-state index contributed by atoms with van der Waals surface area (Å²) in [5.41, 5.74) is 1.54. The molecule has 6 rings (SSSR count). The van der Waals surface area contributed by atoms with E-state index in [-0.39, 0.29) is 23.6 Å². The summed E-state index contributed by atoms with van der Waals surface area (Å²) in [5.74, 6) is 1.98. The molecular formula is C22H27FN4O2. The molecule has 0 aromatic carbocycles. The van der Waals surface area contributed by atoms with Gasteiger partial charge in [0.15, 0.2) is 5.69 Å². The van der Waals surface area contributed by atoms with Crippen molar-refractivity contribution in [1.82, 2.24) is 20.2 Å². The smallest absolute Gasteiger partial charge is 0.271 e. The summed E-state index contributed by atoms with van der Waals surface area (Å²) >= 11 is 0. The highest BCUT2D eigenvalue weighted by molar-refractivity contribution is 6.02. The number of nitrogens with zero attached hydrogens (tertiary/aromatic N) is 2. The molecule has 0 atom stereocenters. The van der Waals surface area contributed by atoms with E-state index in [2.05, 4.69) is 15.7 Å². The number of fused-ring (bicyclic) bond motifs is 1. The Hall–Kier alpha value is -2.44. The lowest BCUT2D eigenvalue weighted by Crippen LogP contribution is -2.51. The van der Waals surface area contributed by atoms with E-state index in [4.69, 9.17) is 0 Å². The summed E-state index contributed by atoms with van der Waals surface area (Å²) in [6, 6.07) is 5.10. The molecule has 4 bridgehead atoms. The van der Waals surface area contributed by atoms with Crippen molar-refractivity contribution in [1.29, 1.82) is 0 Å². The highest BCUT2D eigenvalue weighted by atomic mass is 19.1. The first kappa shape index (κ1) is 18.6. The normalized spacial score (nSPS) is 29.9. The minimum Gasteiger partial charge on any atom is -0.351 e. The summed E-state index contributed by atoms with van der Waals surface area (Å²) in [5, 5.41) is 9.88. The van der Waals surface area contributed by atoms with Gasteiger partial charge in [-0.2, -0.15) is 5.10 Å². The Morgan fingerprint density at radius 2 is 1.79 bits per heavy atom. The van der Waals surface area contributed by atoms with E-state index in [0.29, 0.717) is 11.1 Å². The molecule has 2 aromatic heterocycles. The maximum absolute atomic E-state index is 13.0. The minimum absolute atomic E-state index is 0.0505. The van der Waals surface area contributed by atoms with Crippen LogP contribution in [0.1, 0.15) is 59.4 Å². The van der Waals surface area contributed by atoms with Gasteiger partial charge in [-0.25, -0.2) is 8.91 Å². The second-order valence-corrected chi connectivity index (χ2v) is 9.33. The highest BCUT2D eigenvalue weighted by Crippen LogP contribution is 2.59. The maximum atomic E-state index is 13.0. The Morgan fingerprint density at radius 3 is 2.45 bits per heavy atom. The third-order valence-electron chi connectivity index (χ3n) is 7.15. The number of carbonyl (C=O) groups excluding carboxylic acids is 2. The number of halogens is 1. The number of rotatable bonds is 6. The van der Waals surface area contributed by atoms with E-state index in [0.717, 1.165) is 24.3 Å². The first-order valence-electron chi connectivity index (χ1n) is 10.7. The molecule has 0 saturated heterocycles. The van der Waals surface area contributed by atoms with Crippen molar-refractivity contribution in [2.75, 3.05) is 19.8 Å². The first-order valence-corrected chi connectivity index (χ1v) is 10.7. The van der Waals surface area contributed by atoms with E-state index in [9.17, 15) is 14.0 Å². The summed E-state index contributed by atoms with van der Waals surface area (Å²) in [6.07, 6.45) is 9.59. The zero-order chi connectivity index (χ0) is 20.0. The molecule has 4 fully saturated rings. The largest absolute Gasteiger partial charge is 0.351 e. The van der Waals surface area contributed by atoms with Gasteiger partial charge in [-0.1, -0.05) is 0 Å². The van der Waals surface area contributed by atoms with Gasteiger partial charge in [0.05, 0.1) is 11.1 Å². The molecule has 0 aliphatic heterocycles. The van der Waals surface area contributed by atoms with E-state index < -0.39 is 12.6 Å². The summed E-state index contributed by atoms with van der Waals surface area (Å²) in [7, 11) is 0. The molecule has 4 aliphatic carbocycles. The van der Waals surface area contributed by atoms with E-state index in [1.165, 1.54) is 43.0 Å². The predicted octanol–water partition coefficient (Wildman–Crippen LogP) is 2.98. The Morgan fingerprint density at radius 1 is 1.10 bits per heavy atom. The van der Waals surface area contributed by atoms with Crippen LogP contribution in [0, 0.1) is 23.2 Å². The van der Waals surface area contributed by atoms with Gasteiger partial charge in [-0.3, -0.25) is 9.59 Å². The fourth-order valence-electron chi connectivity index (χ4n) is 6.44. The fourth-order valence-corrected chi connectivity index (χ4v) is 6.44. The molecule has 0 spiro atoms. The molecule has 2 N–H and O–H groups in total. The van der Waals surface area contributed by atoms with Crippen LogP contribution in [0.3, 0.4) is 0 Å². The van der Waals surface area contributed by atoms with Crippen molar-refractivity contribution in [3.8, 4) is 0 Å². The van der Waals surface area contributed by atoms with Gasteiger partial charge < -0.3 is 10.6 Å². The quantitative estimate of drug-likeness (QED) is 0.786. The fraction of sp³-hybridized carbons (Fsp3) is 0.591. The Kier molecular flexibility index (Phi) is 4.56. The van der Waals surface area contributed by atoms with E-state index in [1.54, 1.807) is 24.4 Å². The van der Waals surface area contributed by atoms with Crippen LogP contribution in [0.2, 0.25) is 0 Å². The Bertz CT molecular complexity index is 918. The van der Waals surface area contributed by atoms with Crippen LogP contribution in [0.4, 0.5) is 4.39 Å². The van der Waals surface area contributed by atoms with Crippen molar-refractivity contribution in [3.05, 3.63) is 35.7 Å². The molecule has 0 unspecified atom stereocenters. The lowest BCUT2D eigenvalue weighted by atomic mass is 9.49. The summed E-state index contributed by atoms with van der Waals surface area (Å²) in [6.45, 7) is 0.0522. The number of aromatic nitrogens is 2. The van der Waals surface area contributed by atoms with Gasteiger partial charge in [0, 0.05) is 19.3 Å². The van der Waals surface area contributed by atoms with E-state index >= 15 is 0 Å². The van der Waals surface area contributed by atoms with Crippen molar-refractivity contribution in [2.45, 2.75) is 38.5 Å². The third kappa shape index (κ3) is 3.40. The van der Waals surface area contributed by atoms with Gasteiger partial charge in [0.25, 0.3) is 11.8 Å². The minimum atomic E-state index is -0.628. The number of hydrogen-bond acceptors (Lipinski definition) is 3. The standard InChI is InChI=1S/C22H27FN4O2/c23-3-4-24-21(29)18-9-19-17(2-1-5-27(19)26-18)20(28)25-13-22-10-14-6-15(11-22)8-16(7-14)12-22/h1-2,5,9,14-16H,3-4,6-8,10-13H2,(H,24,29)(H,25,28). The molecule has 4 aliphatic rings. The Labute approximate surface area is 169 Å². The number of nitrogens with one attached hydrogen (secondary N) is 2. The second kappa shape index (κ2) is 7.11. The molecule has 7 heteroatoms. The zero-order valence-corrected chi connectivity index (χ0v) is 16.5. The number of carbonyl (C=O) groups is 2. The van der Waals surface area contributed by atoms with Crippen molar-refractivity contribution >= 4 is 17.3 Å². The molecule has 4 saturated carbocycles. The molecule has 2 aromatic rings. The maximum Gasteiger partial charge on any atom is 0.271 e. The lowest BCUT2D eigenvalue weighted by Gasteiger charge is -2.56. The molecule has 0 radical (unpaired) electrons. The first-order chi connectivity index (χ1) is 14.0. The number of amides is 2. The molecule has 2 amide bonds. The average Bonchev–Trinajstić information content (AvgIpc) is 3.14. The summed E-state index contributed by atoms with van der Waals surface area (Å²) < 4.78 is 13.8. The third-order valence-corrected chi connectivity index (χ3v) is 7.15. The van der Waals surface area contributed by atoms with Gasteiger partial charge >= 0.3 is 0 Å². The van der Waals surface area contributed by atoms with Crippen LogP contribution in [0.5, 0.6) is 0 Å². The molecule has 154 valence electrons. The topological polar surface area (TPSA) is 75.5 Å². The van der Waals surface area contributed by atoms with Crippen LogP contribution < -0.4 is 10.6 Å². The zero-order valence-electron chi connectivity index (χ0n) is 16.5. The van der Waals surface area contributed by atoms with Crippen LogP contribution in [-0.4, -0.2) is 41.2 Å². The summed E-state index contributed by atoms with van der Waals surface area (Å²) in [4.78, 5) is 25.1. The molecule has 29 heavy (non-hydrogen) atoms. The highest BCUT2D eigenvalue weighted by Gasteiger charge is 2.50. The van der Waals surface area contributed by atoms with Gasteiger partial charge in [0.1, 0.15) is 6.67 Å². The van der Waals surface area contributed by atoms with Crippen LogP contribution >= 0.6 is 0 Å². The predicted molar refractivity (Wildman–Crippen MR) is 106 cm³/mol. The second-order valence-electron chi connectivity index (χ2n) is 9.33. The molecule has 6 nitrogen and oxygen atoms in total.